The molecule has 1 aromatic rings. The smallest absolute Gasteiger partial charge is 0.291 e. The second kappa shape index (κ2) is 5.32. The molecule has 8 heteroatoms. The maximum absolute atomic E-state index is 12.5. The number of ketones is 1. The fourth-order valence-electron chi connectivity index (χ4n) is 5.52. The van der Waals surface area contributed by atoms with Crippen molar-refractivity contribution in [1.29, 1.82) is 0 Å². The molecule has 2 N–H and O–H groups in total. The van der Waals surface area contributed by atoms with E-state index >= 15 is 0 Å². The van der Waals surface area contributed by atoms with Gasteiger partial charge >= 0.3 is 0 Å². The predicted octanol–water partition coefficient (Wildman–Crippen LogP) is 1.28. The standard InChI is InChI=1S/C17H19NO3.HNO3/c1-18-7-6-17-10-3-5-13(20)16(17)21-15-12(19)4-2-9(14(15)17)8-11(10)18;2-1(3)4/h2,4,10-11,16,19H,3,5-8H2,1H3;(H,2,3,4)/t10-,11+,16-,17-;/m0./s1. The maximum Gasteiger partial charge on any atom is 0.291 e. The number of piperidine rings is 1. The van der Waals surface area contributed by atoms with Gasteiger partial charge in [-0.25, -0.2) is 0 Å². The minimum atomic E-state index is -1.50. The lowest BCUT2D eigenvalue weighted by molar-refractivity contribution is -0.742. The number of ether oxygens (including phenoxy) is 1. The van der Waals surface area contributed by atoms with Gasteiger partial charge in [-0.05, 0) is 50.4 Å². The van der Waals surface area contributed by atoms with Crippen molar-refractivity contribution in [3.8, 4) is 11.5 Å². The molecule has 1 saturated heterocycles. The molecule has 1 saturated carbocycles. The number of rotatable bonds is 0. The predicted molar refractivity (Wildman–Crippen MR) is 85.5 cm³/mol. The van der Waals surface area contributed by atoms with Gasteiger partial charge in [-0.3, -0.25) is 4.79 Å². The first-order valence-corrected chi connectivity index (χ1v) is 8.44. The SMILES string of the molecule is CN1CC[C@]23c4c5ccc(O)c4O[C@H]2C(=O)CC[C@H]3[C@H]1C5.O=[N+]([O-])O. The number of benzene rings is 1. The third-order valence-electron chi connectivity index (χ3n) is 6.39. The molecule has 2 heterocycles. The van der Waals surface area contributed by atoms with E-state index in [-0.39, 0.29) is 23.1 Å². The van der Waals surface area contributed by atoms with Gasteiger partial charge in [0.1, 0.15) is 0 Å². The normalized spacial score (nSPS) is 34.4. The summed E-state index contributed by atoms with van der Waals surface area (Å²) in [5.41, 5.74) is 2.26. The molecule has 2 fully saturated rings. The molecule has 0 amide bonds. The molecule has 1 aromatic carbocycles. The van der Waals surface area contributed by atoms with Crippen molar-refractivity contribution in [3.63, 3.8) is 0 Å². The molecule has 4 aliphatic rings. The number of carbonyl (C=O) groups excluding carboxylic acids is 1. The molecule has 0 unspecified atom stereocenters. The summed E-state index contributed by atoms with van der Waals surface area (Å²) < 4.78 is 6.04. The third kappa shape index (κ3) is 2.06. The Morgan fingerprint density at radius 3 is 2.88 bits per heavy atom. The molecule has 2 aliphatic heterocycles. The molecule has 2 bridgehead atoms. The van der Waals surface area contributed by atoms with E-state index in [4.69, 9.17) is 20.1 Å². The summed E-state index contributed by atoms with van der Waals surface area (Å²) in [6, 6.07) is 4.26. The van der Waals surface area contributed by atoms with Crippen molar-refractivity contribution >= 4 is 5.78 Å². The number of likely N-dealkylation sites (tertiary alicyclic amines) is 1. The van der Waals surface area contributed by atoms with Crippen LogP contribution in [0.3, 0.4) is 0 Å². The number of phenolic OH excluding ortho intramolecular Hbond substituents is 1. The summed E-state index contributed by atoms with van der Waals surface area (Å²) in [5, 5.41) is 23.8. The van der Waals surface area contributed by atoms with Crippen molar-refractivity contribution in [3.05, 3.63) is 33.4 Å². The number of hydrogen-bond acceptors (Lipinski definition) is 6. The van der Waals surface area contributed by atoms with Crippen LogP contribution in [0.25, 0.3) is 0 Å². The monoisotopic (exact) mass is 348 g/mol. The maximum atomic E-state index is 12.5. The van der Waals surface area contributed by atoms with Crippen molar-refractivity contribution in [2.75, 3.05) is 13.6 Å². The molecule has 4 atom stereocenters. The first-order chi connectivity index (χ1) is 11.9. The molecular formula is C17H20N2O6. The highest BCUT2D eigenvalue weighted by Crippen LogP contribution is 2.62. The van der Waals surface area contributed by atoms with Gasteiger partial charge in [0, 0.05) is 23.4 Å². The molecule has 8 nitrogen and oxygen atoms in total. The van der Waals surface area contributed by atoms with Gasteiger partial charge in [0.05, 0.1) is 0 Å². The zero-order valence-corrected chi connectivity index (χ0v) is 13.8. The number of aromatic hydroxyl groups is 1. The number of Topliss-reactive ketones (excluding diaryl/α,β-unsaturated/α-hetero) is 1. The number of nitrogens with zero attached hydrogens (tertiary/aromatic N) is 2. The molecule has 5 rings (SSSR count). The van der Waals surface area contributed by atoms with Gasteiger partial charge in [0.25, 0.3) is 5.09 Å². The number of likely N-dealkylation sites (N-methyl/N-ethyl adjacent to an activating group) is 1. The number of hydrogen-bond donors (Lipinski definition) is 2. The number of phenols is 1. The zero-order chi connectivity index (χ0) is 17.9. The molecular weight excluding hydrogens is 328 g/mol. The summed E-state index contributed by atoms with van der Waals surface area (Å²) in [4.78, 5) is 23.3. The van der Waals surface area contributed by atoms with Crippen LogP contribution in [-0.2, 0) is 16.6 Å². The highest BCUT2D eigenvalue weighted by atomic mass is 16.9. The Kier molecular flexibility index (Phi) is 3.44. The molecule has 0 radical (unpaired) electrons. The average Bonchev–Trinajstić information content (AvgIpc) is 2.90. The Labute approximate surface area is 144 Å². The van der Waals surface area contributed by atoms with Crippen LogP contribution >= 0.6 is 0 Å². The van der Waals surface area contributed by atoms with Crippen LogP contribution in [0.15, 0.2) is 12.1 Å². The van der Waals surface area contributed by atoms with Crippen LogP contribution in [0, 0.1) is 16.0 Å². The first kappa shape index (κ1) is 16.1. The largest absolute Gasteiger partial charge is 0.504 e. The van der Waals surface area contributed by atoms with E-state index in [1.807, 2.05) is 6.07 Å². The molecule has 134 valence electrons. The second-order valence-corrected chi connectivity index (χ2v) is 7.34. The van der Waals surface area contributed by atoms with Gasteiger partial charge in [-0.15, -0.1) is 10.1 Å². The van der Waals surface area contributed by atoms with Gasteiger partial charge in [0.2, 0.25) is 0 Å². The average molecular weight is 348 g/mol. The van der Waals surface area contributed by atoms with E-state index < -0.39 is 5.09 Å². The summed E-state index contributed by atoms with van der Waals surface area (Å²) in [6.07, 6.45) is 3.18. The van der Waals surface area contributed by atoms with Crippen LogP contribution in [0.5, 0.6) is 11.5 Å². The topological polar surface area (TPSA) is 113 Å². The Morgan fingerprint density at radius 1 is 1.44 bits per heavy atom. The lowest BCUT2D eigenvalue weighted by Crippen LogP contribution is -2.65. The lowest BCUT2D eigenvalue weighted by atomic mass is 9.52. The van der Waals surface area contributed by atoms with Gasteiger partial charge in [0.15, 0.2) is 23.4 Å². The number of carbonyl (C=O) groups is 1. The Morgan fingerprint density at radius 2 is 2.16 bits per heavy atom. The summed E-state index contributed by atoms with van der Waals surface area (Å²) in [6.45, 7) is 1.00. The van der Waals surface area contributed by atoms with Crippen LogP contribution in [0.4, 0.5) is 0 Å². The highest BCUT2D eigenvalue weighted by Gasteiger charge is 2.65. The highest BCUT2D eigenvalue weighted by molar-refractivity contribution is 5.89. The fourth-order valence-corrected chi connectivity index (χ4v) is 5.52. The van der Waals surface area contributed by atoms with E-state index in [0.717, 1.165) is 31.4 Å². The lowest BCUT2D eigenvalue weighted by Gasteiger charge is -2.57. The minimum Gasteiger partial charge on any atom is -0.504 e. The molecule has 0 aromatic heterocycles. The summed E-state index contributed by atoms with van der Waals surface area (Å²) in [7, 11) is 2.20. The van der Waals surface area contributed by atoms with Gasteiger partial charge in [-0.2, -0.15) is 0 Å². The fraction of sp³-hybridized carbons (Fsp3) is 0.588. The molecule has 1 spiro atoms. The Bertz CT molecular complexity index is 762. The van der Waals surface area contributed by atoms with Crippen LogP contribution in [0.1, 0.15) is 30.4 Å². The second-order valence-electron chi connectivity index (χ2n) is 7.34. The van der Waals surface area contributed by atoms with Gasteiger partial charge in [-0.1, -0.05) is 6.07 Å². The zero-order valence-electron chi connectivity index (χ0n) is 13.8. The molecule has 25 heavy (non-hydrogen) atoms. The third-order valence-corrected chi connectivity index (χ3v) is 6.39. The van der Waals surface area contributed by atoms with E-state index in [9.17, 15) is 9.90 Å². The van der Waals surface area contributed by atoms with Crippen LogP contribution < -0.4 is 4.74 Å². The van der Waals surface area contributed by atoms with E-state index in [2.05, 4.69) is 11.9 Å². The Hall–Kier alpha value is -2.35. The first-order valence-electron chi connectivity index (χ1n) is 8.44. The van der Waals surface area contributed by atoms with E-state index in [0.29, 0.717) is 24.1 Å². The quantitative estimate of drug-likeness (QED) is 0.536. The van der Waals surface area contributed by atoms with Crippen LogP contribution in [-0.4, -0.2) is 51.8 Å². The van der Waals surface area contributed by atoms with E-state index in [1.165, 1.54) is 5.56 Å². The van der Waals surface area contributed by atoms with Crippen molar-refractivity contribution in [2.45, 2.75) is 43.2 Å². The Balaban J connectivity index is 0.000000358. The van der Waals surface area contributed by atoms with Gasteiger partial charge < -0.3 is 20.0 Å². The minimum absolute atomic E-state index is 0.172. The van der Waals surface area contributed by atoms with Crippen LogP contribution in [0.2, 0.25) is 0 Å². The summed E-state index contributed by atoms with van der Waals surface area (Å²) >= 11 is 0. The van der Waals surface area contributed by atoms with Crippen molar-refractivity contribution in [1.82, 2.24) is 4.90 Å². The summed E-state index contributed by atoms with van der Waals surface area (Å²) in [5.74, 6) is 1.50. The molecule has 2 aliphatic carbocycles. The van der Waals surface area contributed by atoms with Crippen molar-refractivity contribution in [2.24, 2.45) is 5.92 Å². The van der Waals surface area contributed by atoms with Crippen molar-refractivity contribution < 1.29 is 24.9 Å². The van der Waals surface area contributed by atoms with E-state index in [1.54, 1.807) is 6.07 Å².